The fourth-order valence-electron chi connectivity index (χ4n) is 3.64. The maximum Gasteiger partial charge on any atom is 0.325 e. The highest BCUT2D eigenvalue weighted by molar-refractivity contribution is 5.79. The number of amides is 1. The standard InChI is InChI=1S/C17H20N4O/c22-17(19-16-8-13-3-6-20(10-13)12-16)21-7-4-15(11-21)14-2-1-5-18-9-14/h1-2,4-5,7,9,11,13,16H,3,6,8,10,12H2,(H,19,22). The van der Waals surface area contributed by atoms with Gasteiger partial charge in [-0.25, -0.2) is 4.79 Å². The Hall–Kier alpha value is -2.14. The van der Waals surface area contributed by atoms with E-state index in [1.807, 2.05) is 36.8 Å². The molecule has 2 aromatic heterocycles. The van der Waals surface area contributed by atoms with Crippen LogP contribution in [0.5, 0.6) is 0 Å². The molecule has 1 amide bonds. The predicted octanol–water partition coefficient (Wildman–Crippen LogP) is 2.20. The van der Waals surface area contributed by atoms with Gasteiger partial charge in [-0.05, 0) is 37.4 Å². The van der Waals surface area contributed by atoms with Crippen molar-refractivity contribution in [2.24, 2.45) is 5.92 Å². The van der Waals surface area contributed by atoms with Gasteiger partial charge in [-0.15, -0.1) is 0 Å². The van der Waals surface area contributed by atoms with Crippen LogP contribution in [0.4, 0.5) is 4.79 Å². The van der Waals surface area contributed by atoms with Crippen LogP contribution in [0, 0.1) is 5.92 Å². The van der Waals surface area contributed by atoms with E-state index >= 15 is 0 Å². The maximum atomic E-state index is 12.4. The first kappa shape index (κ1) is 13.5. The van der Waals surface area contributed by atoms with E-state index in [1.165, 1.54) is 19.5 Å². The molecule has 114 valence electrons. The minimum Gasteiger partial charge on any atom is -0.333 e. The predicted molar refractivity (Wildman–Crippen MR) is 84.5 cm³/mol. The van der Waals surface area contributed by atoms with Gasteiger partial charge < -0.3 is 10.2 Å². The molecule has 5 nitrogen and oxygen atoms in total. The number of rotatable bonds is 2. The van der Waals surface area contributed by atoms with Crippen molar-refractivity contribution in [1.82, 2.24) is 19.8 Å². The zero-order chi connectivity index (χ0) is 14.9. The molecule has 2 saturated heterocycles. The van der Waals surface area contributed by atoms with Gasteiger partial charge in [0, 0.05) is 55.0 Å². The second kappa shape index (κ2) is 5.57. The quantitative estimate of drug-likeness (QED) is 0.924. The fraction of sp³-hybridized carbons (Fsp3) is 0.412. The second-order valence-corrected chi connectivity index (χ2v) is 6.35. The van der Waals surface area contributed by atoms with Crippen LogP contribution in [0.25, 0.3) is 11.1 Å². The molecule has 1 N–H and O–H groups in total. The van der Waals surface area contributed by atoms with Crippen molar-refractivity contribution in [3.63, 3.8) is 0 Å². The molecule has 2 aromatic rings. The molecule has 3 unspecified atom stereocenters. The Bertz CT molecular complexity index is 654. The lowest BCUT2D eigenvalue weighted by atomic mass is 9.97. The zero-order valence-corrected chi connectivity index (χ0v) is 12.5. The van der Waals surface area contributed by atoms with Gasteiger partial charge in [0.05, 0.1) is 0 Å². The molecule has 2 aliphatic heterocycles. The highest BCUT2D eigenvalue weighted by atomic mass is 16.2. The zero-order valence-electron chi connectivity index (χ0n) is 12.5. The Morgan fingerprint density at radius 1 is 1.27 bits per heavy atom. The van der Waals surface area contributed by atoms with E-state index in [4.69, 9.17) is 0 Å². The van der Waals surface area contributed by atoms with Gasteiger partial charge in [0.15, 0.2) is 0 Å². The summed E-state index contributed by atoms with van der Waals surface area (Å²) in [5.74, 6) is 0.759. The second-order valence-electron chi connectivity index (χ2n) is 6.35. The summed E-state index contributed by atoms with van der Waals surface area (Å²) in [5.41, 5.74) is 2.03. The third-order valence-electron chi connectivity index (χ3n) is 4.72. The summed E-state index contributed by atoms with van der Waals surface area (Å²) in [6.45, 7) is 3.38. The molecule has 5 heteroatoms. The van der Waals surface area contributed by atoms with E-state index in [2.05, 4.69) is 15.2 Å². The van der Waals surface area contributed by atoms with Crippen LogP contribution in [-0.4, -0.2) is 46.2 Å². The molecular weight excluding hydrogens is 276 g/mol. The summed E-state index contributed by atoms with van der Waals surface area (Å²) in [7, 11) is 0. The van der Waals surface area contributed by atoms with Crippen molar-refractivity contribution < 1.29 is 4.79 Å². The van der Waals surface area contributed by atoms with E-state index in [9.17, 15) is 4.79 Å². The molecule has 2 fully saturated rings. The Balaban J connectivity index is 1.44. The van der Waals surface area contributed by atoms with E-state index < -0.39 is 0 Å². The van der Waals surface area contributed by atoms with Crippen molar-refractivity contribution in [3.8, 4) is 11.1 Å². The molecule has 0 radical (unpaired) electrons. The minimum atomic E-state index is -0.0392. The largest absolute Gasteiger partial charge is 0.333 e. The molecule has 4 heterocycles. The number of pyridine rings is 1. The molecule has 3 atom stereocenters. The van der Waals surface area contributed by atoms with Gasteiger partial charge in [0.25, 0.3) is 0 Å². The molecular formula is C17H20N4O. The third kappa shape index (κ3) is 2.64. The molecule has 0 spiro atoms. The summed E-state index contributed by atoms with van der Waals surface area (Å²) in [6, 6.07) is 6.08. The maximum absolute atomic E-state index is 12.4. The first-order valence-corrected chi connectivity index (χ1v) is 7.89. The lowest BCUT2D eigenvalue weighted by Crippen LogP contribution is -2.47. The lowest BCUT2D eigenvalue weighted by Gasteiger charge is -2.30. The Kier molecular flexibility index (Phi) is 3.42. The van der Waals surface area contributed by atoms with Gasteiger partial charge >= 0.3 is 6.03 Å². The van der Waals surface area contributed by atoms with Crippen LogP contribution in [0.15, 0.2) is 43.0 Å². The van der Waals surface area contributed by atoms with E-state index in [-0.39, 0.29) is 12.1 Å². The van der Waals surface area contributed by atoms with E-state index in [0.717, 1.165) is 30.0 Å². The van der Waals surface area contributed by atoms with E-state index in [1.54, 1.807) is 10.8 Å². The van der Waals surface area contributed by atoms with Crippen LogP contribution >= 0.6 is 0 Å². The van der Waals surface area contributed by atoms with Crippen LogP contribution in [0.2, 0.25) is 0 Å². The van der Waals surface area contributed by atoms with Crippen molar-refractivity contribution in [1.29, 1.82) is 0 Å². The number of nitrogens with one attached hydrogen (secondary N) is 1. The topological polar surface area (TPSA) is 50.2 Å². The first-order valence-electron chi connectivity index (χ1n) is 7.89. The van der Waals surface area contributed by atoms with Crippen LogP contribution < -0.4 is 5.32 Å². The van der Waals surface area contributed by atoms with Crippen molar-refractivity contribution >= 4 is 6.03 Å². The van der Waals surface area contributed by atoms with Crippen molar-refractivity contribution in [2.45, 2.75) is 18.9 Å². The van der Waals surface area contributed by atoms with Crippen LogP contribution in [0.3, 0.4) is 0 Å². The number of piperidine rings is 1. The van der Waals surface area contributed by atoms with Crippen LogP contribution in [0.1, 0.15) is 12.8 Å². The normalized spacial score (nSPS) is 26.8. The molecule has 22 heavy (non-hydrogen) atoms. The Morgan fingerprint density at radius 2 is 2.23 bits per heavy atom. The number of hydrogen-bond donors (Lipinski definition) is 1. The smallest absolute Gasteiger partial charge is 0.325 e. The number of hydrogen-bond acceptors (Lipinski definition) is 3. The van der Waals surface area contributed by atoms with Gasteiger partial charge in [-0.3, -0.25) is 9.55 Å². The molecule has 0 saturated carbocycles. The Labute approximate surface area is 130 Å². The summed E-state index contributed by atoms with van der Waals surface area (Å²) in [5, 5.41) is 3.17. The molecule has 2 bridgehead atoms. The lowest BCUT2D eigenvalue weighted by molar-refractivity contribution is 0.206. The number of carbonyl (C=O) groups excluding carboxylic acids is 1. The molecule has 4 rings (SSSR count). The highest BCUT2D eigenvalue weighted by Gasteiger charge is 2.32. The summed E-state index contributed by atoms with van der Waals surface area (Å²) in [4.78, 5) is 19.0. The highest BCUT2D eigenvalue weighted by Crippen LogP contribution is 2.26. The minimum absolute atomic E-state index is 0.0392. The molecule has 0 aliphatic carbocycles. The van der Waals surface area contributed by atoms with Crippen LogP contribution in [-0.2, 0) is 0 Å². The number of carbonyl (C=O) groups is 1. The number of aromatic nitrogens is 2. The summed E-state index contributed by atoms with van der Waals surface area (Å²) < 4.78 is 1.63. The SMILES string of the molecule is O=C(NC1CC2CCN(C2)C1)n1ccc(-c2cccnc2)c1. The van der Waals surface area contributed by atoms with Gasteiger partial charge in [0.2, 0.25) is 0 Å². The summed E-state index contributed by atoms with van der Waals surface area (Å²) >= 11 is 0. The fourth-order valence-corrected chi connectivity index (χ4v) is 3.64. The monoisotopic (exact) mass is 296 g/mol. The van der Waals surface area contributed by atoms with Crippen molar-refractivity contribution in [3.05, 3.63) is 43.0 Å². The van der Waals surface area contributed by atoms with Crippen molar-refractivity contribution in [2.75, 3.05) is 19.6 Å². The average Bonchev–Trinajstić information content (AvgIpc) is 3.15. The first-order chi connectivity index (χ1) is 10.8. The van der Waals surface area contributed by atoms with Gasteiger partial charge in [0.1, 0.15) is 0 Å². The Morgan fingerprint density at radius 3 is 3.05 bits per heavy atom. The average molecular weight is 296 g/mol. The molecule has 2 aliphatic rings. The molecule has 0 aromatic carbocycles. The number of fused-ring (bicyclic) bond motifs is 2. The van der Waals surface area contributed by atoms with E-state index in [0.29, 0.717) is 0 Å². The number of nitrogens with zero attached hydrogens (tertiary/aromatic N) is 3. The summed E-state index contributed by atoms with van der Waals surface area (Å²) in [6.07, 6.45) is 9.63. The van der Waals surface area contributed by atoms with Gasteiger partial charge in [-0.2, -0.15) is 0 Å². The van der Waals surface area contributed by atoms with Gasteiger partial charge in [-0.1, -0.05) is 6.07 Å². The third-order valence-corrected chi connectivity index (χ3v) is 4.72.